The molecule has 0 aliphatic carbocycles. The summed E-state index contributed by atoms with van der Waals surface area (Å²) in [6, 6.07) is 2.54. The Labute approximate surface area is 141 Å². The van der Waals surface area contributed by atoms with Crippen LogP contribution in [-0.4, -0.2) is 39.3 Å². The van der Waals surface area contributed by atoms with Gasteiger partial charge >= 0.3 is 6.03 Å². The molecule has 0 bridgehead atoms. The van der Waals surface area contributed by atoms with Crippen LogP contribution in [0.2, 0.25) is 0 Å². The van der Waals surface area contributed by atoms with Crippen molar-refractivity contribution in [3.63, 3.8) is 0 Å². The van der Waals surface area contributed by atoms with E-state index in [2.05, 4.69) is 16.2 Å². The maximum Gasteiger partial charge on any atom is 0.333 e. The van der Waals surface area contributed by atoms with Gasteiger partial charge < -0.3 is 19.5 Å². The second-order valence-corrected chi connectivity index (χ2v) is 5.16. The highest BCUT2D eigenvalue weighted by Gasteiger charge is 2.17. The largest absolute Gasteiger partial charge is 0.493 e. The molecule has 24 heavy (non-hydrogen) atoms. The van der Waals surface area contributed by atoms with Crippen LogP contribution in [0.4, 0.5) is 4.79 Å². The van der Waals surface area contributed by atoms with Crippen LogP contribution in [-0.2, 0) is 0 Å². The summed E-state index contributed by atoms with van der Waals surface area (Å²) in [5.41, 5.74) is 4.90. The van der Waals surface area contributed by atoms with Gasteiger partial charge in [-0.05, 0) is 25.5 Å². The van der Waals surface area contributed by atoms with E-state index in [1.54, 1.807) is 0 Å². The molecular formula is C16H25N3O5. The van der Waals surface area contributed by atoms with Gasteiger partial charge in [0.15, 0.2) is 11.5 Å². The van der Waals surface area contributed by atoms with Crippen LogP contribution in [0.3, 0.4) is 0 Å². The SMILES string of the molecule is CCC[C@H](C)NC(=O)NNC(=O)c1cc(OC)c(OC)c(OC)c1. The minimum absolute atomic E-state index is 0.0214. The third-order valence-corrected chi connectivity index (χ3v) is 3.32. The number of hydrogen-bond acceptors (Lipinski definition) is 5. The van der Waals surface area contributed by atoms with Gasteiger partial charge in [-0.1, -0.05) is 13.3 Å². The monoisotopic (exact) mass is 339 g/mol. The van der Waals surface area contributed by atoms with Crippen molar-refractivity contribution in [1.29, 1.82) is 0 Å². The average molecular weight is 339 g/mol. The Morgan fingerprint density at radius 2 is 1.62 bits per heavy atom. The molecule has 1 rings (SSSR count). The second-order valence-electron chi connectivity index (χ2n) is 5.16. The molecule has 0 fully saturated rings. The fourth-order valence-corrected chi connectivity index (χ4v) is 2.16. The standard InChI is InChI=1S/C16H25N3O5/c1-6-7-10(2)17-16(21)19-18-15(20)11-8-12(22-3)14(24-5)13(9-11)23-4/h8-10H,6-7H2,1-5H3,(H,18,20)(H2,17,19,21)/t10-/m0/s1. The first kappa shape index (κ1) is 19.4. The quantitative estimate of drug-likeness (QED) is 0.659. The van der Waals surface area contributed by atoms with Crippen molar-refractivity contribution in [2.75, 3.05) is 21.3 Å². The fourth-order valence-electron chi connectivity index (χ4n) is 2.16. The summed E-state index contributed by atoms with van der Waals surface area (Å²) < 4.78 is 15.6. The number of nitrogens with one attached hydrogen (secondary N) is 3. The lowest BCUT2D eigenvalue weighted by atomic mass is 10.1. The van der Waals surface area contributed by atoms with Crippen LogP contribution in [0.25, 0.3) is 0 Å². The van der Waals surface area contributed by atoms with E-state index >= 15 is 0 Å². The third-order valence-electron chi connectivity index (χ3n) is 3.32. The molecule has 0 heterocycles. The number of rotatable bonds is 7. The molecule has 0 aromatic heterocycles. The van der Waals surface area contributed by atoms with E-state index < -0.39 is 11.9 Å². The molecule has 0 radical (unpaired) electrons. The van der Waals surface area contributed by atoms with Gasteiger partial charge in [-0.25, -0.2) is 10.2 Å². The Morgan fingerprint density at radius 3 is 2.08 bits per heavy atom. The molecule has 0 aliphatic rings. The van der Waals surface area contributed by atoms with Crippen LogP contribution in [0.15, 0.2) is 12.1 Å². The van der Waals surface area contributed by atoms with E-state index in [9.17, 15) is 9.59 Å². The van der Waals surface area contributed by atoms with E-state index in [4.69, 9.17) is 14.2 Å². The topological polar surface area (TPSA) is 97.9 Å². The van der Waals surface area contributed by atoms with Crippen LogP contribution >= 0.6 is 0 Å². The predicted octanol–water partition coefficient (Wildman–Crippen LogP) is 1.84. The highest BCUT2D eigenvalue weighted by Crippen LogP contribution is 2.38. The maximum atomic E-state index is 12.2. The highest BCUT2D eigenvalue weighted by atomic mass is 16.5. The summed E-state index contributed by atoms with van der Waals surface area (Å²) in [5, 5.41) is 2.72. The zero-order chi connectivity index (χ0) is 18.1. The molecule has 134 valence electrons. The van der Waals surface area contributed by atoms with Gasteiger partial charge in [0.2, 0.25) is 5.75 Å². The lowest BCUT2D eigenvalue weighted by molar-refractivity contribution is 0.0935. The van der Waals surface area contributed by atoms with Gasteiger partial charge in [-0.15, -0.1) is 0 Å². The van der Waals surface area contributed by atoms with Crippen molar-refractivity contribution in [3.8, 4) is 17.2 Å². The summed E-state index contributed by atoms with van der Waals surface area (Å²) in [7, 11) is 4.39. The Bertz CT molecular complexity index is 552. The van der Waals surface area contributed by atoms with Crippen molar-refractivity contribution < 1.29 is 23.8 Å². The Morgan fingerprint density at radius 1 is 1.04 bits per heavy atom. The normalized spacial score (nSPS) is 11.2. The van der Waals surface area contributed by atoms with Gasteiger partial charge in [-0.3, -0.25) is 10.2 Å². The molecule has 3 N–H and O–H groups in total. The fraction of sp³-hybridized carbons (Fsp3) is 0.500. The Hall–Kier alpha value is -2.64. The molecule has 1 aromatic carbocycles. The number of hydrazine groups is 1. The van der Waals surface area contributed by atoms with Crippen LogP contribution in [0, 0.1) is 0 Å². The number of carbonyl (C=O) groups excluding carboxylic acids is 2. The Balaban J connectivity index is 2.76. The Kier molecular flexibility index (Phi) is 7.67. The number of methoxy groups -OCH3 is 3. The van der Waals surface area contributed by atoms with Crippen molar-refractivity contribution in [2.45, 2.75) is 32.7 Å². The highest BCUT2D eigenvalue weighted by molar-refractivity contribution is 5.96. The zero-order valence-electron chi connectivity index (χ0n) is 14.7. The molecule has 0 spiro atoms. The van der Waals surface area contributed by atoms with Crippen molar-refractivity contribution in [3.05, 3.63) is 17.7 Å². The third kappa shape index (κ3) is 5.22. The van der Waals surface area contributed by atoms with E-state index in [1.165, 1.54) is 33.5 Å². The number of benzene rings is 1. The lowest BCUT2D eigenvalue weighted by Crippen LogP contribution is -2.49. The zero-order valence-corrected chi connectivity index (χ0v) is 14.7. The van der Waals surface area contributed by atoms with Crippen molar-refractivity contribution in [1.82, 2.24) is 16.2 Å². The molecule has 0 saturated carbocycles. The van der Waals surface area contributed by atoms with Gasteiger partial charge in [0.25, 0.3) is 5.91 Å². The first-order valence-corrected chi connectivity index (χ1v) is 7.63. The summed E-state index contributed by atoms with van der Waals surface area (Å²) in [6.07, 6.45) is 1.81. The van der Waals surface area contributed by atoms with Crippen LogP contribution in [0.5, 0.6) is 17.2 Å². The number of amides is 3. The summed E-state index contributed by atoms with van der Waals surface area (Å²) >= 11 is 0. The van der Waals surface area contributed by atoms with Gasteiger partial charge in [0, 0.05) is 11.6 Å². The molecule has 1 atom stereocenters. The predicted molar refractivity (Wildman–Crippen MR) is 89.6 cm³/mol. The van der Waals surface area contributed by atoms with Crippen LogP contribution in [0.1, 0.15) is 37.0 Å². The number of ether oxygens (including phenoxy) is 3. The number of hydrogen-bond donors (Lipinski definition) is 3. The molecule has 8 nitrogen and oxygen atoms in total. The van der Waals surface area contributed by atoms with Crippen molar-refractivity contribution >= 4 is 11.9 Å². The van der Waals surface area contributed by atoms with E-state index in [1.807, 2.05) is 13.8 Å². The molecule has 0 unspecified atom stereocenters. The summed E-state index contributed by atoms with van der Waals surface area (Å²) in [6.45, 7) is 3.92. The van der Waals surface area contributed by atoms with Gasteiger partial charge in [-0.2, -0.15) is 0 Å². The van der Waals surface area contributed by atoms with E-state index in [0.29, 0.717) is 17.2 Å². The lowest BCUT2D eigenvalue weighted by Gasteiger charge is -2.15. The van der Waals surface area contributed by atoms with Gasteiger partial charge in [0.05, 0.1) is 21.3 Å². The van der Waals surface area contributed by atoms with Crippen LogP contribution < -0.4 is 30.4 Å². The summed E-state index contributed by atoms with van der Waals surface area (Å²) in [5.74, 6) is 0.578. The molecule has 3 amide bonds. The first-order chi connectivity index (χ1) is 11.5. The minimum atomic E-state index is -0.507. The van der Waals surface area contributed by atoms with E-state index in [0.717, 1.165) is 12.8 Å². The first-order valence-electron chi connectivity index (χ1n) is 7.63. The minimum Gasteiger partial charge on any atom is -0.493 e. The van der Waals surface area contributed by atoms with Gasteiger partial charge in [0.1, 0.15) is 0 Å². The maximum absolute atomic E-state index is 12.2. The smallest absolute Gasteiger partial charge is 0.333 e. The number of carbonyl (C=O) groups is 2. The molecule has 1 aromatic rings. The van der Waals surface area contributed by atoms with E-state index in [-0.39, 0.29) is 11.6 Å². The average Bonchev–Trinajstić information content (AvgIpc) is 2.58. The molecule has 0 aliphatic heterocycles. The molecule has 0 saturated heterocycles. The second kappa shape index (κ2) is 9.49. The molecular weight excluding hydrogens is 314 g/mol. The number of urea groups is 1. The van der Waals surface area contributed by atoms with Crippen molar-refractivity contribution in [2.24, 2.45) is 0 Å². The molecule has 8 heteroatoms. The summed E-state index contributed by atoms with van der Waals surface area (Å²) in [4.78, 5) is 23.9.